The molecule has 0 aliphatic rings. The van der Waals surface area contributed by atoms with Crippen molar-refractivity contribution in [3.05, 3.63) is 77.0 Å². The van der Waals surface area contributed by atoms with Gasteiger partial charge in [-0.2, -0.15) is 0 Å². The zero-order valence-corrected chi connectivity index (χ0v) is 16.6. The lowest BCUT2D eigenvalue weighted by molar-refractivity contribution is 0.0916. The first kappa shape index (κ1) is 19.7. The van der Waals surface area contributed by atoms with Gasteiger partial charge < -0.3 is 14.5 Å². The van der Waals surface area contributed by atoms with Crippen LogP contribution in [0, 0.1) is 0 Å². The van der Waals surface area contributed by atoms with Crippen LogP contribution in [0.3, 0.4) is 0 Å². The number of amides is 1. The highest BCUT2D eigenvalue weighted by Crippen LogP contribution is 2.28. The van der Waals surface area contributed by atoms with Crippen LogP contribution in [0.1, 0.15) is 16.1 Å². The molecular formula is C20H18ClN3O3S. The molecule has 0 radical (unpaired) electrons. The van der Waals surface area contributed by atoms with Gasteiger partial charge in [0.05, 0.1) is 12.1 Å². The standard InChI is InChI=1S/C20H18ClN3O3S/c1-26-14-8-6-13(7-9-14)12-22-20(28)24-23-19(25)18-11-10-17(27-18)15-4-2-3-5-16(15)21/h2-11H,12H2,1H3,(H,23,25)(H2,22,24,28). The SMILES string of the molecule is COc1ccc(CNC(=S)NNC(=O)c2ccc(-c3ccccc3Cl)o2)cc1. The van der Waals surface area contributed by atoms with Crippen LogP contribution in [0.4, 0.5) is 0 Å². The zero-order valence-electron chi connectivity index (χ0n) is 15.0. The number of hydrogen-bond acceptors (Lipinski definition) is 4. The van der Waals surface area contributed by atoms with Crippen molar-refractivity contribution in [3.63, 3.8) is 0 Å². The second-order valence-corrected chi connectivity index (χ2v) is 6.57. The van der Waals surface area contributed by atoms with Crippen LogP contribution >= 0.6 is 23.8 Å². The van der Waals surface area contributed by atoms with Crippen LogP contribution in [-0.2, 0) is 6.54 Å². The van der Waals surface area contributed by atoms with Gasteiger partial charge >= 0.3 is 5.91 Å². The summed E-state index contributed by atoms with van der Waals surface area (Å²) in [5.41, 5.74) is 6.87. The van der Waals surface area contributed by atoms with Crippen molar-refractivity contribution in [3.8, 4) is 17.1 Å². The lowest BCUT2D eigenvalue weighted by Crippen LogP contribution is -2.46. The fourth-order valence-electron chi connectivity index (χ4n) is 2.41. The summed E-state index contributed by atoms with van der Waals surface area (Å²) < 4.78 is 10.7. The van der Waals surface area contributed by atoms with E-state index >= 15 is 0 Å². The Morgan fingerprint density at radius 2 is 1.82 bits per heavy atom. The molecule has 2 aromatic carbocycles. The predicted molar refractivity (Wildman–Crippen MR) is 112 cm³/mol. The number of hydrazine groups is 1. The van der Waals surface area contributed by atoms with E-state index in [1.54, 1.807) is 25.3 Å². The number of thiocarbonyl (C=S) groups is 1. The van der Waals surface area contributed by atoms with Crippen molar-refractivity contribution < 1.29 is 13.9 Å². The van der Waals surface area contributed by atoms with E-state index in [0.29, 0.717) is 22.9 Å². The first-order chi connectivity index (χ1) is 13.6. The number of furan rings is 1. The van der Waals surface area contributed by atoms with E-state index in [2.05, 4.69) is 16.2 Å². The first-order valence-electron chi connectivity index (χ1n) is 8.38. The Labute approximate surface area is 172 Å². The Morgan fingerprint density at radius 1 is 1.07 bits per heavy atom. The number of halogens is 1. The highest BCUT2D eigenvalue weighted by molar-refractivity contribution is 7.80. The Hall–Kier alpha value is -3.03. The summed E-state index contributed by atoms with van der Waals surface area (Å²) in [6.07, 6.45) is 0. The number of methoxy groups -OCH3 is 1. The minimum absolute atomic E-state index is 0.139. The number of hydrogen-bond donors (Lipinski definition) is 3. The molecule has 0 bridgehead atoms. The number of nitrogens with one attached hydrogen (secondary N) is 3. The highest BCUT2D eigenvalue weighted by atomic mass is 35.5. The monoisotopic (exact) mass is 415 g/mol. The van der Waals surface area contributed by atoms with Crippen LogP contribution in [0.15, 0.2) is 65.1 Å². The van der Waals surface area contributed by atoms with Crippen molar-refractivity contribution in [1.82, 2.24) is 16.2 Å². The number of rotatable bonds is 5. The molecule has 3 aromatic rings. The van der Waals surface area contributed by atoms with Crippen molar-refractivity contribution >= 4 is 34.8 Å². The number of carbonyl (C=O) groups is 1. The van der Waals surface area contributed by atoms with E-state index in [1.807, 2.05) is 42.5 Å². The van der Waals surface area contributed by atoms with Gasteiger partial charge in [-0.15, -0.1) is 0 Å². The number of carbonyl (C=O) groups excluding carboxylic acids is 1. The van der Waals surface area contributed by atoms with E-state index in [4.69, 9.17) is 33.0 Å². The van der Waals surface area contributed by atoms with Crippen LogP contribution in [0.5, 0.6) is 5.75 Å². The second kappa shape index (κ2) is 9.25. The average Bonchev–Trinajstić information content (AvgIpc) is 3.21. The van der Waals surface area contributed by atoms with E-state index in [0.717, 1.165) is 11.3 Å². The summed E-state index contributed by atoms with van der Waals surface area (Å²) in [5, 5.41) is 3.83. The summed E-state index contributed by atoms with van der Waals surface area (Å²) in [6, 6.07) is 18.1. The summed E-state index contributed by atoms with van der Waals surface area (Å²) in [4.78, 5) is 12.2. The van der Waals surface area contributed by atoms with Crippen LogP contribution < -0.4 is 20.9 Å². The summed E-state index contributed by atoms with van der Waals surface area (Å²) >= 11 is 11.3. The van der Waals surface area contributed by atoms with Crippen LogP contribution in [-0.4, -0.2) is 18.1 Å². The normalized spacial score (nSPS) is 10.2. The van der Waals surface area contributed by atoms with E-state index in [-0.39, 0.29) is 10.9 Å². The fraction of sp³-hybridized carbons (Fsp3) is 0.100. The smallest absolute Gasteiger partial charge is 0.305 e. The molecule has 8 heteroatoms. The third-order valence-corrected chi connectivity index (χ3v) is 4.45. The molecule has 0 spiro atoms. The van der Waals surface area contributed by atoms with Gasteiger partial charge in [0.25, 0.3) is 0 Å². The summed E-state index contributed by atoms with van der Waals surface area (Å²) in [7, 11) is 1.62. The number of ether oxygens (including phenoxy) is 1. The van der Waals surface area contributed by atoms with Gasteiger partial charge in [0.15, 0.2) is 10.9 Å². The molecule has 0 aliphatic carbocycles. The second-order valence-electron chi connectivity index (χ2n) is 5.75. The molecule has 1 amide bonds. The Bertz CT molecular complexity index is 973. The Balaban J connectivity index is 1.49. The molecule has 0 atom stereocenters. The molecule has 3 N–H and O–H groups in total. The minimum atomic E-state index is -0.452. The molecule has 0 saturated carbocycles. The quantitative estimate of drug-likeness (QED) is 0.433. The molecule has 0 saturated heterocycles. The van der Waals surface area contributed by atoms with Gasteiger partial charge in [0, 0.05) is 12.1 Å². The van der Waals surface area contributed by atoms with E-state index in [9.17, 15) is 4.79 Å². The molecule has 28 heavy (non-hydrogen) atoms. The Kier molecular flexibility index (Phi) is 6.52. The van der Waals surface area contributed by atoms with Gasteiger partial charge in [-0.05, 0) is 54.2 Å². The molecule has 0 fully saturated rings. The molecule has 6 nitrogen and oxygen atoms in total. The minimum Gasteiger partial charge on any atom is -0.497 e. The van der Waals surface area contributed by atoms with Gasteiger partial charge in [0.1, 0.15) is 11.5 Å². The topological polar surface area (TPSA) is 75.5 Å². The predicted octanol–water partition coefficient (Wildman–Crippen LogP) is 3.92. The molecule has 144 valence electrons. The maximum Gasteiger partial charge on any atom is 0.305 e. The lowest BCUT2D eigenvalue weighted by Gasteiger charge is -2.11. The maximum atomic E-state index is 12.2. The van der Waals surface area contributed by atoms with Crippen LogP contribution in [0.2, 0.25) is 5.02 Å². The average molecular weight is 416 g/mol. The van der Waals surface area contributed by atoms with Crippen molar-refractivity contribution in [2.75, 3.05) is 7.11 Å². The van der Waals surface area contributed by atoms with Gasteiger partial charge in [-0.25, -0.2) is 0 Å². The van der Waals surface area contributed by atoms with Crippen molar-refractivity contribution in [2.45, 2.75) is 6.54 Å². The van der Waals surface area contributed by atoms with E-state index < -0.39 is 5.91 Å². The van der Waals surface area contributed by atoms with Gasteiger partial charge in [-0.1, -0.05) is 35.9 Å². The van der Waals surface area contributed by atoms with Crippen molar-refractivity contribution in [2.24, 2.45) is 0 Å². The molecule has 3 rings (SSSR count). The zero-order chi connectivity index (χ0) is 19.9. The molecule has 1 heterocycles. The van der Waals surface area contributed by atoms with Gasteiger partial charge in [-0.3, -0.25) is 15.6 Å². The van der Waals surface area contributed by atoms with E-state index in [1.165, 1.54) is 0 Å². The molecule has 1 aromatic heterocycles. The number of benzene rings is 2. The highest BCUT2D eigenvalue weighted by Gasteiger charge is 2.13. The van der Waals surface area contributed by atoms with Crippen molar-refractivity contribution in [1.29, 1.82) is 0 Å². The maximum absolute atomic E-state index is 12.2. The Morgan fingerprint density at radius 3 is 2.54 bits per heavy atom. The first-order valence-corrected chi connectivity index (χ1v) is 9.17. The third kappa shape index (κ3) is 5.03. The summed E-state index contributed by atoms with van der Waals surface area (Å²) in [5.74, 6) is 0.981. The lowest BCUT2D eigenvalue weighted by atomic mass is 10.2. The van der Waals surface area contributed by atoms with Crippen LogP contribution in [0.25, 0.3) is 11.3 Å². The largest absolute Gasteiger partial charge is 0.497 e. The molecular weight excluding hydrogens is 398 g/mol. The summed E-state index contributed by atoms with van der Waals surface area (Å²) in [6.45, 7) is 0.503. The third-order valence-electron chi connectivity index (χ3n) is 3.87. The molecule has 0 aliphatic heterocycles. The van der Waals surface area contributed by atoms with Gasteiger partial charge in [0.2, 0.25) is 0 Å². The fourth-order valence-corrected chi connectivity index (χ4v) is 2.76. The molecule has 0 unspecified atom stereocenters.